The molecule has 1 aliphatic carbocycles. The van der Waals surface area contributed by atoms with Gasteiger partial charge in [-0.25, -0.2) is 4.79 Å². The molecule has 216 valence electrons. The highest BCUT2D eigenvalue weighted by Gasteiger charge is 2.65. The third kappa shape index (κ3) is 4.89. The molecule has 1 saturated carbocycles. The molecular formula is C31H27F3N4O4. The van der Waals surface area contributed by atoms with Gasteiger partial charge >= 0.3 is 12.1 Å². The van der Waals surface area contributed by atoms with Gasteiger partial charge in [0.05, 0.1) is 23.7 Å². The van der Waals surface area contributed by atoms with Gasteiger partial charge in [0.1, 0.15) is 5.75 Å². The molecule has 7 rings (SSSR count). The van der Waals surface area contributed by atoms with Crippen LogP contribution >= 0.6 is 0 Å². The number of nitrogens with one attached hydrogen (secondary N) is 3. The number of nitrogens with zero attached hydrogens (tertiary/aromatic N) is 1. The molecule has 1 spiro atoms. The normalized spacial score (nSPS) is 20.6. The Morgan fingerprint density at radius 1 is 1.10 bits per heavy atom. The van der Waals surface area contributed by atoms with Crippen LogP contribution in [0.2, 0.25) is 0 Å². The average molecular weight is 577 g/mol. The topological polar surface area (TPSA) is 116 Å². The predicted octanol–water partition coefficient (Wildman–Crippen LogP) is 5.40. The van der Waals surface area contributed by atoms with Gasteiger partial charge in [0, 0.05) is 23.5 Å². The van der Waals surface area contributed by atoms with Crippen LogP contribution in [0.1, 0.15) is 45.8 Å². The molecule has 0 saturated heterocycles. The summed E-state index contributed by atoms with van der Waals surface area (Å²) in [7, 11) is 1.66. The standard InChI is InChI=1S/C29H26N4O2.C2HF3O2/c1-35-21-6-9-26-23(14-21)29(28(34)31-26)15-24(29)19-5-7-22-25(32-33-27(22)13-19)8-3-17-2-4-18-10-11-30-16-20(18)12-17;3-2(4,5)1(6)7/h2-9,12-14,24,30H,10-11,15-16H2,1H3,(H,31,34)(H,32,33);(H,6,7)/b8-3+;/t24-,29-;/m0./s1. The monoisotopic (exact) mass is 576 g/mol. The van der Waals surface area contributed by atoms with E-state index in [0.29, 0.717) is 0 Å². The number of carbonyl (C=O) groups is 2. The second kappa shape index (κ2) is 10.3. The van der Waals surface area contributed by atoms with E-state index in [4.69, 9.17) is 14.6 Å². The first kappa shape index (κ1) is 27.5. The molecule has 4 N–H and O–H groups in total. The summed E-state index contributed by atoms with van der Waals surface area (Å²) in [5.41, 5.74) is 8.50. The van der Waals surface area contributed by atoms with Gasteiger partial charge in [-0.05, 0) is 77.5 Å². The fourth-order valence-corrected chi connectivity index (χ4v) is 5.88. The highest BCUT2D eigenvalue weighted by molar-refractivity contribution is 6.10. The zero-order valence-electron chi connectivity index (χ0n) is 22.5. The lowest BCUT2D eigenvalue weighted by molar-refractivity contribution is -0.192. The SMILES string of the molecule is COc1ccc2c(c1)[C@]1(C[C@H]1c1ccc3c(/C=C/c4ccc5c(c4)CNCC5)n[nH]c3c1)C(=O)N2.O=C(O)C(F)(F)F. The number of carboxylic acids is 1. The lowest BCUT2D eigenvalue weighted by atomic mass is 9.91. The number of anilines is 1. The molecule has 11 heteroatoms. The van der Waals surface area contributed by atoms with Crippen LogP contribution in [0.3, 0.4) is 0 Å². The van der Waals surface area contributed by atoms with E-state index >= 15 is 0 Å². The molecule has 0 unspecified atom stereocenters. The van der Waals surface area contributed by atoms with Crippen molar-refractivity contribution in [1.29, 1.82) is 0 Å². The number of alkyl halides is 3. The van der Waals surface area contributed by atoms with Crippen molar-refractivity contribution in [1.82, 2.24) is 15.5 Å². The van der Waals surface area contributed by atoms with Crippen LogP contribution in [0.15, 0.2) is 54.6 Å². The number of methoxy groups -OCH3 is 1. The van der Waals surface area contributed by atoms with Gasteiger partial charge < -0.3 is 20.5 Å². The number of carboxylic acid groups (broad SMARTS) is 1. The minimum absolute atomic E-state index is 0.0827. The number of aliphatic carboxylic acids is 1. The zero-order chi connectivity index (χ0) is 29.6. The first-order valence-electron chi connectivity index (χ1n) is 13.4. The molecule has 0 radical (unpaired) electrons. The first-order chi connectivity index (χ1) is 20.1. The average Bonchev–Trinajstić information content (AvgIpc) is 3.52. The van der Waals surface area contributed by atoms with Crippen molar-refractivity contribution in [2.45, 2.75) is 36.9 Å². The number of hydrogen-bond donors (Lipinski definition) is 4. The molecule has 3 aromatic carbocycles. The molecule has 1 aromatic heterocycles. The van der Waals surface area contributed by atoms with Crippen LogP contribution in [0.4, 0.5) is 18.9 Å². The van der Waals surface area contributed by atoms with E-state index in [-0.39, 0.29) is 11.8 Å². The van der Waals surface area contributed by atoms with E-state index in [0.717, 1.165) is 65.1 Å². The number of H-pyrrole nitrogens is 1. The number of amides is 1. The van der Waals surface area contributed by atoms with Crippen molar-refractivity contribution in [3.05, 3.63) is 88.1 Å². The highest BCUT2D eigenvalue weighted by Crippen LogP contribution is 2.65. The Bertz CT molecular complexity index is 1750. The van der Waals surface area contributed by atoms with Crippen LogP contribution < -0.4 is 15.4 Å². The van der Waals surface area contributed by atoms with E-state index in [1.807, 2.05) is 18.2 Å². The van der Waals surface area contributed by atoms with E-state index < -0.39 is 17.6 Å². The Hall–Kier alpha value is -4.64. The number of benzene rings is 3. The van der Waals surface area contributed by atoms with Crippen molar-refractivity contribution in [2.24, 2.45) is 0 Å². The number of fused-ring (bicyclic) bond motifs is 4. The van der Waals surface area contributed by atoms with Crippen LogP contribution in [0.5, 0.6) is 5.75 Å². The maximum absolute atomic E-state index is 13.0. The molecule has 42 heavy (non-hydrogen) atoms. The largest absolute Gasteiger partial charge is 0.497 e. The van der Waals surface area contributed by atoms with Crippen LogP contribution in [-0.4, -0.2) is 47.0 Å². The number of carbonyl (C=O) groups excluding carboxylic acids is 1. The maximum Gasteiger partial charge on any atom is 0.490 e. The Kier molecular flexibility index (Phi) is 6.77. The third-order valence-electron chi connectivity index (χ3n) is 8.13. The van der Waals surface area contributed by atoms with E-state index in [2.05, 4.69) is 69.4 Å². The molecule has 1 fully saturated rings. The first-order valence-corrected chi connectivity index (χ1v) is 13.4. The Morgan fingerprint density at radius 3 is 2.67 bits per heavy atom. The second-order valence-electron chi connectivity index (χ2n) is 10.6. The number of rotatable bonds is 4. The Balaban J connectivity index is 0.000000405. The van der Waals surface area contributed by atoms with Gasteiger partial charge in [0.15, 0.2) is 0 Å². The molecule has 3 heterocycles. The van der Waals surface area contributed by atoms with E-state index in [1.165, 1.54) is 16.7 Å². The lowest BCUT2D eigenvalue weighted by Gasteiger charge is -2.17. The number of aromatic amines is 1. The van der Waals surface area contributed by atoms with Crippen LogP contribution in [0.25, 0.3) is 23.1 Å². The molecule has 2 atom stereocenters. The van der Waals surface area contributed by atoms with Gasteiger partial charge in [0.2, 0.25) is 5.91 Å². The van der Waals surface area contributed by atoms with E-state index in [1.54, 1.807) is 7.11 Å². The van der Waals surface area contributed by atoms with Crippen molar-refractivity contribution >= 4 is 40.6 Å². The Morgan fingerprint density at radius 2 is 1.90 bits per heavy atom. The van der Waals surface area contributed by atoms with Crippen molar-refractivity contribution in [2.75, 3.05) is 19.0 Å². The van der Waals surface area contributed by atoms with Gasteiger partial charge in [-0.15, -0.1) is 0 Å². The summed E-state index contributed by atoms with van der Waals surface area (Å²) in [5, 5.41) is 22.5. The van der Waals surface area contributed by atoms with Crippen LogP contribution in [-0.2, 0) is 28.0 Å². The molecule has 0 bridgehead atoms. The second-order valence-corrected chi connectivity index (χ2v) is 10.6. The van der Waals surface area contributed by atoms with E-state index in [9.17, 15) is 18.0 Å². The predicted molar refractivity (Wildman–Crippen MR) is 151 cm³/mol. The third-order valence-corrected chi connectivity index (χ3v) is 8.13. The summed E-state index contributed by atoms with van der Waals surface area (Å²) in [6.07, 6.45) is 1.01. The summed E-state index contributed by atoms with van der Waals surface area (Å²) in [6.45, 7) is 1.99. The summed E-state index contributed by atoms with van der Waals surface area (Å²) in [4.78, 5) is 21.9. The minimum Gasteiger partial charge on any atom is -0.497 e. The van der Waals surface area contributed by atoms with Gasteiger partial charge in [-0.2, -0.15) is 18.3 Å². The van der Waals surface area contributed by atoms with Gasteiger partial charge in [0.25, 0.3) is 0 Å². The van der Waals surface area contributed by atoms with Crippen molar-refractivity contribution in [3.8, 4) is 5.75 Å². The summed E-state index contributed by atoms with van der Waals surface area (Å²) in [6, 6.07) is 18.9. The maximum atomic E-state index is 13.0. The van der Waals surface area contributed by atoms with Crippen molar-refractivity contribution in [3.63, 3.8) is 0 Å². The number of hydrogen-bond acceptors (Lipinski definition) is 5. The van der Waals surface area contributed by atoms with Gasteiger partial charge in [-0.1, -0.05) is 36.4 Å². The molecule has 2 aliphatic heterocycles. The summed E-state index contributed by atoms with van der Waals surface area (Å²) in [5.74, 6) is -1.75. The number of ether oxygens (including phenoxy) is 1. The molecule has 1 amide bonds. The smallest absolute Gasteiger partial charge is 0.490 e. The van der Waals surface area contributed by atoms with Crippen LogP contribution in [0, 0.1) is 0 Å². The fourth-order valence-electron chi connectivity index (χ4n) is 5.88. The number of halogens is 3. The summed E-state index contributed by atoms with van der Waals surface area (Å²) < 4.78 is 37.2. The molecule has 3 aliphatic rings. The molecule has 8 nitrogen and oxygen atoms in total. The van der Waals surface area contributed by atoms with Crippen molar-refractivity contribution < 1.29 is 32.6 Å². The molecule has 4 aromatic rings. The number of aromatic nitrogens is 2. The minimum atomic E-state index is -5.08. The Labute approximate surface area is 238 Å². The quantitative estimate of drug-likeness (QED) is 0.259. The summed E-state index contributed by atoms with van der Waals surface area (Å²) >= 11 is 0. The highest BCUT2D eigenvalue weighted by atomic mass is 19.4. The zero-order valence-corrected chi connectivity index (χ0v) is 22.5. The van der Waals surface area contributed by atoms with Gasteiger partial charge in [-0.3, -0.25) is 9.89 Å². The lowest BCUT2D eigenvalue weighted by Crippen LogP contribution is -2.23. The fraction of sp³-hybridized carbons (Fsp3) is 0.258. The molecular weight excluding hydrogens is 549 g/mol.